The van der Waals surface area contributed by atoms with E-state index in [1.54, 1.807) is 37.4 Å². The Kier molecular flexibility index (Phi) is 6.61. The van der Waals surface area contributed by atoms with Gasteiger partial charge in [-0.1, -0.05) is 60.7 Å². The topological polar surface area (TPSA) is 55.8 Å². The van der Waals surface area contributed by atoms with E-state index in [2.05, 4.69) is 0 Å². The molecule has 0 radical (unpaired) electrons. The second-order valence-corrected chi connectivity index (χ2v) is 8.01. The second kappa shape index (κ2) is 9.75. The summed E-state index contributed by atoms with van der Waals surface area (Å²) in [6.07, 6.45) is 0. The molecule has 0 saturated carbocycles. The van der Waals surface area contributed by atoms with Gasteiger partial charge in [0.15, 0.2) is 0 Å². The first-order valence-electron chi connectivity index (χ1n) is 10.3. The van der Waals surface area contributed by atoms with E-state index in [9.17, 15) is 9.59 Å². The fourth-order valence-electron chi connectivity index (χ4n) is 3.60. The molecule has 0 bridgehead atoms. The number of ether oxygens (including phenoxy) is 2. The predicted molar refractivity (Wildman–Crippen MR) is 128 cm³/mol. The van der Waals surface area contributed by atoms with Gasteiger partial charge < -0.3 is 9.47 Å². The summed E-state index contributed by atoms with van der Waals surface area (Å²) in [7, 11) is 1.56. The van der Waals surface area contributed by atoms with E-state index < -0.39 is 0 Å². The fraction of sp³-hybridized carbons (Fsp3) is 0.154. The lowest BCUT2D eigenvalue weighted by Crippen LogP contribution is -2.31. The van der Waals surface area contributed by atoms with Gasteiger partial charge in [-0.3, -0.25) is 9.59 Å². The van der Waals surface area contributed by atoms with Crippen molar-refractivity contribution in [3.05, 3.63) is 94.9 Å². The number of para-hydroxylation sites is 3. The van der Waals surface area contributed by atoms with Crippen molar-refractivity contribution in [2.45, 2.75) is 12.7 Å². The Morgan fingerprint density at radius 2 is 1.47 bits per heavy atom. The molecule has 0 unspecified atom stereocenters. The smallest absolute Gasteiger partial charge is 0.272 e. The highest BCUT2D eigenvalue weighted by Crippen LogP contribution is 2.43. The molecule has 1 aliphatic rings. The SMILES string of the molecule is CCOc1ccccc1N1C(=O)C(SCc2ccccc2)=C(c2ccccc2OC)C1=O. The number of amides is 2. The van der Waals surface area contributed by atoms with Crippen LogP contribution < -0.4 is 14.4 Å². The van der Waals surface area contributed by atoms with Crippen LogP contribution in [0.1, 0.15) is 18.1 Å². The molecule has 0 saturated heterocycles. The Labute approximate surface area is 191 Å². The Balaban J connectivity index is 1.80. The molecule has 6 heteroatoms. The first kappa shape index (κ1) is 21.7. The fourth-order valence-corrected chi connectivity index (χ4v) is 4.66. The minimum atomic E-state index is -0.387. The molecule has 1 aliphatic heterocycles. The van der Waals surface area contributed by atoms with E-state index in [4.69, 9.17) is 9.47 Å². The van der Waals surface area contributed by atoms with Gasteiger partial charge in [0.25, 0.3) is 11.8 Å². The lowest BCUT2D eigenvalue weighted by molar-refractivity contribution is -0.119. The molecule has 32 heavy (non-hydrogen) atoms. The largest absolute Gasteiger partial charge is 0.496 e. The van der Waals surface area contributed by atoms with Crippen molar-refractivity contribution in [2.24, 2.45) is 0 Å². The number of imide groups is 1. The number of carbonyl (C=O) groups excluding carboxylic acids is 2. The molecule has 0 atom stereocenters. The number of rotatable bonds is 8. The van der Waals surface area contributed by atoms with Gasteiger partial charge in [0, 0.05) is 11.3 Å². The zero-order chi connectivity index (χ0) is 22.5. The molecular formula is C26H23NO4S. The van der Waals surface area contributed by atoms with E-state index in [-0.39, 0.29) is 11.8 Å². The predicted octanol–water partition coefficient (Wildman–Crippen LogP) is 5.31. The Hall–Kier alpha value is -3.51. The molecular weight excluding hydrogens is 422 g/mol. The van der Waals surface area contributed by atoms with Crippen molar-refractivity contribution in [3.63, 3.8) is 0 Å². The number of thioether (sulfide) groups is 1. The van der Waals surface area contributed by atoms with Crippen LogP contribution in [-0.4, -0.2) is 25.5 Å². The molecule has 162 valence electrons. The Morgan fingerprint density at radius 1 is 0.812 bits per heavy atom. The zero-order valence-electron chi connectivity index (χ0n) is 17.9. The molecule has 4 rings (SSSR count). The van der Waals surface area contributed by atoms with Crippen molar-refractivity contribution >= 4 is 34.8 Å². The number of carbonyl (C=O) groups is 2. The maximum Gasteiger partial charge on any atom is 0.272 e. The molecule has 0 aromatic heterocycles. The molecule has 0 N–H and O–H groups in total. The zero-order valence-corrected chi connectivity index (χ0v) is 18.7. The molecule has 0 fully saturated rings. The summed E-state index contributed by atoms with van der Waals surface area (Å²) >= 11 is 1.36. The van der Waals surface area contributed by atoms with Crippen LogP contribution in [0.3, 0.4) is 0 Å². The number of methoxy groups -OCH3 is 1. The van der Waals surface area contributed by atoms with E-state index in [0.29, 0.717) is 45.6 Å². The normalized spacial score (nSPS) is 13.6. The molecule has 5 nitrogen and oxygen atoms in total. The van der Waals surface area contributed by atoms with Crippen molar-refractivity contribution in [1.82, 2.24) is 0 Å². The molecule has 3 aromatic carbocycles. The summed E-state index contributed by atoms with van der Waals surface area (Å²) in [5, 5.41) is 0. The standard InChI is InChI=1S/C26H23NO4S/c1-3-31-22-16-10-8-14-20(22)27-25(28)23(19-13-7-9-15-21(19)30-2)24(26(27)29)32-17-18-11-5-4-6-12-18/h4-16H,3,17H2,1-2H3. The molecule has 3 aromatic rings. The summed E-state index contributed by atoms with van der Waals surface area (Å²) in [4.78, 5) is 28.9. The first-order chi connectivity index (χ1) is 15.7. The van der Waals surface area contributed by atoms with Gasteiger partial charge >= 0.3 is 0 Å². The summed E-state index contributed by atoms with van der Waals surface area (Å²) in [6, 6.07) is 24.2. The van der Waals surface area contributed by atoms with Gasteiger partial charge in [0.05, 0.1) is 29.9 Å². The minimum Gasteiger partial charge on any atom is -0.496 e. The van der Waals surface area contributed by atoms with Crippen LogP contribution in [0.25, 0.3) is 5.57 Å². The average Bonchev–Trinajstić information content (AvgIpc) is 3.08. The number of hydrogen-bond acceptors (Lipinski definition) is 5. The summed E-state index contributed by atoms with van der Waals surface area (Å²) < 4.78 is 11.2. The maximum absolute atomic E-state index is 13.7. The molecule has 2 amide bonds. The highest BCUT2D eigenvalue weighted by Gasteiger charge is 2.42. The van der Waals surface area contributed by atoms with Crippen LogP contribution in [0.15, 0.2) is 83.8 Å². The van der Waals surface area contributed by atoms with E-state index in [0.717, 1.165) is 5.56 Å². The maximum atomic E-state index is 13.7. The summed E-state index contributed by atoms with van der Waals surface area (Å²) in [5.41, 5.74) is 2.45. The van der Waals surface area contributed by atoms with Crippen LogP contribution in [0.5, 0.6) is 11.5 Å². The van der Waals surface area contributed by atoms with E-state index in [1.165, 1.54) is 16.7 Å². The monoisotopic (exact) mass is 445 g/mol. The highest BCUT2D eigenvalue weighted by molar-refractivity contribution is 8.03. The highest BCUT2D eigenvalue weighted by atomic mass is 32.2. The summed E-state index contributed by atoms with van der Waals surface area (Å²) in [5.74, 6) is 0.854. The quantitative estimate of drug-likeness (QED) is 0.440. The second-order valence-electron chi connectivity index (χ2n) is 7.03. The van der Waals surface area contributed by atoms with Crippen molar-refractivity contribution < 1.29 is 19.1 Å². The molecule has 0 spiro atoms. The number of anilines is 1. The molecule has 0 aliphatic carbocycles. The van der Waals surface area contributed by atoms with Gasteiger partial charge in [0.1, 0.15) is 11.5 Å². The van der Waals surface area contributed by atoms with Crippen LogP contribution in [0.4, 0.5) is 5.69 Å². The van der Waals surface area contributed by atoms with E-state index >= 15 is 0 Å². The number of nitrogens with zero attached hydrogens (tertiary/aromatic N) is 1. The Bertz CT molecular complexity index is 1170. The van der Waals surface area contributed by atoms with Crippen molar-refractivity contribution in [1.29, 1.82) is 0 Å². The lowest BCUT2D eigenvalue weighted by Gasteiger charge is -2.19. The van der Waals surface area contributed by atoms with Gasteiger partial charge in [-0.05, 0) is 30.7 Å². The van der Waals surface area contributed by atoms with Crippen molar-refractivity contribution in [3.8, 4) is 11.5 Å². The average molecular weight is 446 g/mol. The Morgan fingerprint density at radius 3 is 2.19 bits per heavy atom. The first-order valence-corrected chi connectivity index (χ1v) is 11.3. The van der Waals surface area contributed by atoms with Crippen molar-refractivity contribution in [2.75, 3.05) is 18.6 Å². The summed E-state index contributed by atoms with van der Waals surface area (Å²) in [6.45, 7) is 2.29. The van der Waals surface area contributed by atoms with Gasteiger partial charge in [0.2, 0.25) is 0 Å². The lowest BCUT2D eigenvalue weighted by atomic mass is 10.0. The number of benzene rings is 3. The van der Waals surface area contributed by atoms with E-state index in [1.807, 2.05) is 55.5 Å². The van der Waals surface area contributed by atoms with Crippen LogP contribution >= 0.6 is 11.8 Å². The number of hydrogen-bond donors (Lipinski definition) is 0. The third-order valence-electron chi connectivity index (χ3n) is 5.05. The third-order valence-corrected chi connectivity index (χ3v) is 6.19. The van der Waals surface area contributed by atoms with Crippen LogP contribution in [-0.2, 0) is 15.3 Å². The minimum absolute atomic E-state index is 0.347. The third kappa shape index (κ3) is 4.14. The van der Waals surface area contributed by atoms with Gasteiger partial charge in [-0.2, -0.15) is 0 Å². The van der Waals surface area contributed by atoms with Crippen LogP contribution in [0, 0.1) is 0 Å². The van der Waals surface area contributed by atoms with Gasteiger partial charge in [-0.15, -0.1) is 11.8 Å². The molecule has 1 heterocycles. The van der Waals surface area contributed by atoms with Gasteiger partial charge in [-0.25, -0.2) is 4.90 Å². The van der Waals surface area contributed by atoms with Crippen LogP contribution in [0.2, 0.25) is 0 Å².